The van der Waals surface area contributed by atoms with E-state index in [-0.39, 0.29) is 30.9 Å². The van der Waals surface area contributed by atoms with Crippen molar-refractivity contribution in [3.05, 3.63) is 65.0 Å². The van der Waals surface area contributed by atoms with Gasteiger partial charge in [-0.1, -0.05) is 18.2 Å². The number of benzene rings is 2. The third-order valence-corrected chi connectivity index (χ3v) is 6.92. The maximum Gasteiger partial charge on any atom is 0.418 e. The molecular weight excluding hydrogens is 469 g/mol. The third-order valence-electron chi connectivity index (χ3n) is 6.92. The first-order valence-corrected chi connectivity index (χ1v) is 11.7. The second-order valence-electron chi connectivity index (χ2n) is 9.12. The molecule has 3 aliphatic rings. The van der Waals surface area contributed by atoms with Gasteiger partial charge in [0.25, 0.3) is 5.91 Å². The van der Waals surface area contributed by atoms with Crippen molar-refractivity contribution in [1.82, 2.24) is 20.4 Å². The molecule has 0 aromatic heterocycles. The van der Waals surface area contributed by atoms with Crippen LogP contribution in [0.1, 0.15) is 23.1 Å². The first kappa shape index (κ1) is 23.7. The van der Waals surface area contributed by atoms with Crippen molar-refractivity contribution in [2.75, 3.05) is 32.0 Å². The molecule has 1 aliphatic carbocycles. The van der Waals surface area contributed by atoms with Crippen molar-refractivity contribution in [3.8, 4) is 0 Å². The number of hydrogen-bond donors (Lipinski definition) is 3. The van der Waals surface area contributed by atoms with E-state index in [1.54, 1.807) is 35.2 Å². The number of ether oxygens (including phenoxy) is 1. The molecule has 0 bridgehead atoms. The van der Waals surface area contributed by atoms with Gasteiger partial charge < -0.3 is 25.6 Å². The molecule has 1 atom stereocenters. The molecule has 0 unspecified atom stereocenters. The summed E-state index contributed by atoms with van der Waals surface area (Å²) < 4.78 is 18.9. The van der Waals surface area contributed by atoms with Gasteiger partial charge in [-0.3, -0.25) is 9.59 Å². The molecule has 2 heterocycles. The highest BCUT2D eigenvalue weighted by atomic mass is 19.1. The second kappa shape index (κ2) is 9.23. The molecule has 1 spiro atoms. The van der Waals surface area contributed by atoms with Crippen LogP contribution in [0.3, 0.4) is 0 Å². The van der Waals surface area contributed by atoms with E-state index in [9.17, 15) is 23.6 Å². The molecule has 5 amide bonds. The standard InChI is InChI=1S/C25H26FN5O5/c1-27-23(34)29-18-6-7-20-16(10-18)8-9-25(20)22(33)31(24(35)36-25)14-21(32)30(19-11-28-12-19)13-15-2-4-17(26)5-3-15/h2-7,10,19,28H,8-9,11-14H2,1H3,(H2,27,29,34)/t25-/m1/s1. The van der Waals surface area contributed by atoms with Gasteiger partial charge >= 0.3 is 12.1 Å². The third kappa shape index (κ3) is 4.15. The van der Waals surface area contributed by atoms with Crippen LogP contribution in [0.5, 0.6) is 0 Å². The van der Waals surface area contributed by atoms with Crippen molar-refractivity contribution >= 4 is 29.6 Å². The average molecular weight is 496 g/mol. The van der Waals surface area contributed by atoms with Gasteiger partial charge in [0.2, 0.25) is 11.5 Å². The fourth-order valence-corrected chi connectivity index (χ4v) is 4.85. The summed E-state index contributed by atoms with van der Waals surface area (Å²) in [5, 5.41) is 8.27. The molecule has 5 rings (SSSR count). The number of imide groups is 1. The van der Waals surface area contributed by atoms with Gasteiger partial charge in [-0.2, -0.15) is 0 Å². The zero-order valence-electron chi connectivity index (χ0n) is 19.7. The van der Waals surface area contributed by atoms with Gasteiger partial charge in [0.1, 0.15) is 12.4 Å². The number of halogens is 1. The smallest absolute Gasteiger partial charge is 0.418 e. The lowest BCUT2D eigenvalue weighted by molar-refractivity contribution is -0.143. The molecule has 0 saturated carbocycles. The van der Waals surface area contributed by atoms with Crippen LogP contribution in [0.25, 0.3) is 0 Å². The van der Waals surface area contributed by atoms with Crippen LogP contribution < -0.4 is 16.0 Å². The van der Waals surface area contributed by atoms with Crippen molar-refractivity contribution in [2.24, 2.45) is 0 Å². The Morgan fingerprint density at radius 2 is 1.94 bits per heavy atom. The Bertz CT molecular complexity index is 1230. The summed E-state index contributed by atoms with van der Waals surface area (Å²) in [5.74, 6) is -1.33. The number of carbonyl (C=O) groups excluding carboxylic acids is 4. The quantitative estimate of drug-likeness (QED) is 0.561. The minimum absolute atomic E-state index is 0.0938. The number of hydrogen-bond acceptors (Lipinski definition) is 6. The van der Waals surface area contributed by atoms with Crippen molar-refractivity contribution in [1.29, 1.82) is 0 Å². The van der Waals surface area contributed by atoms with Crippen LogP contribution in [0.15, 0.2) is 42.5 Å². The van der Waals surface area contributed by atoms with Crippen molar-refractivity contribution < 1.29 is 28.3 Å². The Morgan fingerprint density at radius 1 is 1.19 bits per heavy atom. The summed E-state index contributed by atoms with van der Waals surface area (Å²) in [6.07, 6.45) is -0.126. The molecule has 2 fully saturated rings. The number of amides is 5. The maximum atomic E-state index is 13.5. The summed E-state index contributed by atoms with van der Waals surface area (Å²) in [6, 6.07) is 10.5. The van der Waals surface area contributed by atoms with Gasteiger partial charge in [0, 0.05) is 44.4 Å². The Labute approximate surface area is 206 Å². The fraction of sp³-hybridized carbons (Fsp3) is 0.360. The molecule has 2 aliphatic heterocycles. The predicted octanol–water partition coefficient (Wildman–Crippen LogP) is 1.70. The first-order chi connectivity index (χ1) is 17.3. The molecule has 188 valence electrons. The minimum Gasteiger partial charge on any atom is -0.427 e. The molecular formula is C25H26FN5O5. The molecule has 2 saturated heterocycles. The summed E-state index contributed by atoms with van der Waals surface area (Å²) in [7, 11) is 1.51. The number of nitrogens with one attached hydrogen (secondary N) is 3. The van der Waals surface area contributed by atoms with E-state index in [2.05, 4.69) is 16.0 Å². The number of aryl methyl sites for hydroxylation is 1. The highest BCUT2D eigenvalue weighted by Gasteiger charge is 2.58. The van der Waals surface area contributed by atoms with E-state index < -0.39 is 30.1 Å². The van der Waals surface area contributed by atoms with Crippen LogP contribution >= 0.6 is 0 Å². The lowest BCUT2D eigenvalue weighted by atomic mass is 9.94. The summed E-state index contributed by atoms with van der Waals surface area (Å²) in [6.45, 7) is 0.977. The van der Waals surface area contributed by atoms with Crippen LogP contribution in [-0.2, 0) is 32.9 Å². The van der Waals surface area contributed by atoms with E-state index in [1.165, 1.54) is 19.2 Å². The zero-order valence-corrected chi connectivity index (χ0v) is 19.7. The summed E-state index contributed by atoms with van der Waals surface area (Å²) >= 11 is 0. The predicted molar refractivity (Wildman–Crippen MR) is 126 cm³/mol. The Balaban J connectivity index is 1.33. The zero-order chi connectivity index (χ0) is 25.4. The average Bonchev–Trinajstić information content (AvgIpc) is 3.30. The van der Waals surface area contributed by atoms with Gasteiger partial charge in [-0.25, -0.2) is 18.9 Å². The van der Waals surface area contributed by atoms with Crippen molar-refractivity contribution in [2.45, 2.75) is 31.0 Å². The Hall–Kier alpha value is -3.99. The van der Waals surface area contributed by atoms with Gasteiger partial charge in [-0.15, -0.1) is 0 Å². The van der Waals surface area contributed by atoms with E-state index in [0.717, 1.165) is 16.0 Å². The first-order valence-electron chi connectivity index (χ1n) is 11.7. The number of fused-ring (bicyclic) bond motifs is 2. The minimum atomic E-state index is -1.47. The lowest BCUT2D eigenvalue weighted by Gasteiger charge is -2.38. The highest BCUT2D eigenvalue weighted by molar-refractivity contribution is 6.06. The SMILES string of the molecule is CNC(=O)Nc1ccc2c(c1)CC[C@@]21OC(=O)N(CC(=O)N(Cc2ccc(F)cc2)C2CNC2)C1=O. The maximum absolute atomic E-state index is 13.5. The molecule has 2 aromatic carbocycles. The number of anilines is 1. The normalized spacial score (nSPS) is 20.7. The van der Waals surface area contributed by atoms with Gasteiger partial charge in [0.15, 0.2) is 0 Å². The summed E-state index contributed by atoms with van der Waals surface area (Å²) in [5.41, 5.74) is 1.17. The lowest BCUT2D eigenvalue weighted by Crippen LogP contribution is -2.60. The second-order valence-corrected chi connectivity index (χ2v) is 9.12. The topological polar surface area (TPSA) is 120 Å². The summed E-state index contributed by atoms with van der Waals surface area (Å²) in [4.78, 5) is 53.7. The van der Waals surface area contributed by atoms with E-state index in [4.69, 9.17) is 4.74 Å². The molecule has 2 aromatic rings. The number of urea groups is 1. The van der Waals surface area contributed by atoms with Crippen LogP contribution in [0, 0.1) is 5.82 Å². The van der Waals surface area contributed by atoms with Crippen LogP contribution in [0.4, 0.5) is 19.7 Å². The van der Waals surface area contributed by atoms with Gasteiger partial charge in [-0.05, 0) is 41.8 Å². The number of rotatable bonds is 6. The van der Waals surface area contributed by atoms with Gasteiger partial charge in [0.05, 0.1) is 6.04 Å². The molecule has 36 heavy (non-hydrogen) atoms. The van der Waals surface area contributed by atoms with Crippen LogP contribution in [0.2, 0.25) is 0 Å². The van der Waals surface area contributed by atoms with Crippen LogP contribution in [-0.4, -0.2) is 66.5 Å². The largest absolute Gasteiger partial charge is 0.427 e. The molecule has 3 N–H and O–H groups in total. The number of nitrogens with zero attached hydrogens (tertiary/aromatic N) is 2. The highest BCUT2D eigenvalue weighted by Crippen LogP contribution is 2.46. The number of carbonyl (C=O) groups is 4. The fourth-order valence-electron chi connectivity index (χ4n) is 4.85. The molecule has 10 nitrogen and oxygen atoms in total. The molecule has 0 radical (unpaired) electrons. The molecule has 11 heteroatoms. The Morgan fingerprint density at radius 3 is 2.61 bits per heavy atom. The van der Waals surface area contributed by atoms with E-state index >= 15 is 0 Å². The Kier molecular flexibility index (Phi) is 6.09. The van der Waals surface area contributed by atoms with Crippen molar-refractivity contribution in [3.63, 3.8) is 0 Å². The van der Waals surface area contributed by atoms with E-state index in [0.29, 0.717) is 30.8 Å². The van der Waals surface area contributed by atoms with E-state index in [1.807, 2.05) is 0 Å². The monoisotopic (exact) mass is 495 g/mol.